The molecular weight excluding hydrogens is 371 g/mol. The number of nitrogens with one attached hydrogen (secondary N) is 1. The zero-order valence-electron chi connectivity index (χ0n) is 12.8. The molecule has 0 saturated heterocycles. The quantitative estimate of drug-likeness (QED) is 0.583. The predicted octanol–water partition coefficient (Wildman–Crippen LogP) is 4.25. The first-order chi connectivity index (χ1) is 10.7. The molecule has 1 unspecified atom stereocenters. The monoisotopic (exact) mass is 387 g/mol. The van der Waals surface area contributed by atoms with Crippen LogP contribution in [0.1, 0.15) is 25.1 Å². The molecule has 0 aromatic carbocycles. The second-order valence-corrected chi connectivity index (χ2v) is 7.18. The molecule has 1 aromatic rings. The van der Waals surface area contributed by atoms with Crippen LogP contribution in [0.4, 0.5) is 13.2 Å². The van der Waals surface area contributed by atoms with Crippen LogP contribution >= 0.6 is 35.1 Å². The van der Waals surface area contributed by atoms with Gasteiger partial charge in [-0.3, -0.25) is 15.0 Å². The average molecular weight is 388 g/mol. The highest BCUT2D eigenvalue weighted by Gasteiger charge is 2.39. The summed E-state index contributed by atoms with van der Waals surface area (Å²) in [6.45, 7) is 3.95. The zero-order valence-corrected chi connectivity index (χ0v) is 15.2. The maximum atomic E-state index is 13.2. The molecule has 2 rings (SSSR count). The Hall–Kier alpha value is -0.510. The van der Waals surface area contributed by atoms with Gasteiger partial charge in [0, 0.05) is 17.9 Å². The van der Waals surface area contributed by atoms with Gasteiger partial charge in [0.15, 0.2) is 5.69 Å². The first kappa shape index (κ1) is 18.8. The molecule has 1 aliphatic rings. The summed E-state index contributed by atoms with van der Waals surface area (Å²) in [7, 11) is 0. The number of aromatic nitrogens is 2. The molecule has 0 fully saturated rings. The Morgan fingerprint density at radius 3 is 2.65 bits per heavy atom. The van der Waals surface area contributed by atoms with Crippen LogP contribution in [-0.2, 0) is 23.3 Å². The van der Waals surface area contributed by atoms with Crippen LogP contribution < -0.4 is 5.48 Å². The number of alkyl halides is 4. The first-order valence-corrected chi connectivity index (χ1v) is 9.55. The summed E-state index contributed by atoms with van der Waals surface area (Å²) < 4.78 is 41.1. The third-order valence-corrected chi connectivity index (χ3v) is 5.54. The lowest BCUT2D eigenvalue weighted by molar-refractivity contribution is -0.142. The van der Waals surface area contributed by atoms with Crippen LogP contribution in [0, 0.1) is 0 Å². The fourth-order valence-electron chi connectivity index (χ4n) is 2.07. The van der Waals surface area contributed by atoms with Crippen LogP contribution in [0.3, 0.4) is 0 Å². The summed E-state index contributed by atoms with van der Waals surface area (Å²) >= 11 is 8.31. The normalized spacial score (nSPS) is 21.4. The molecule has 0 spiro atoms. The van der Waals surface area contributed by atoms with Crippen molar-refractivity contribution in [1.29, 1.82) is 0 Å². The van der Waals surface area contributed by atoms with Gasteiger partial charge >= 0.3 is 6.18 Å². The van der Waals surface area contributed by atoms with Crippen molar-refractivity contribution >= 4 is 35.1 Å². The van der Waals surface area contributed by atoms with Gasteiger partial charge in [0.2, 0.25) is 0 Å². The number of halogens is 4. The van der Waals surface area contributed by atoms with Gasteiger partial charge in [-0.15, -0.1) is 35.1 Å². The van der Waals surface area contributed by atoms with Crippen LogP contribution in [0.25, 0.3) is 0 Å². The number of nitrogens with zero attached hydrogens (tertiary/aromatic N) is 2. The number of hydroxylamine groups is 1. The third-order valence-electron chi connectivity index (χ3n) is 3.22. The third kappa shape index (κ3) is 4.12. The Labute approximate surface area is 146 Å². The van der Waals surface area contributed by atoms with Crippen molar-refractivity contribution in [1.82, 2.24) is 15.3 Å². The van der Waals surface area contributed by atoms with Gasteiger partial charge in [-0.25, -0.2) is 0 Å². The van der Waals surface area contributed by atoms with Gasteiger partial charge in [-0.05, 0) is 26.2 Å². The summed E-state index contributed by atoms with van der Waals surface area (Å²) in [6, 6.07) is 0. The summed E-state index contributed by atoms with van der Waals surface area (Å²) in [5.41, 5.74) is 1.43. The lowest BCUT2D eigenvalue weighted by atomic mass is 10.1. The molecule has 0 amide bonds. The van der Waals surface area contributed by atoms with Gasteiger partial charge in [0.05, 0.1) is 15.9 Å². The van der Waals surface area contributed by atoms with E-state index in [2.05, 4.69) is 10.6 Å². The molecule has 0 aliphatic carbocycles. The van der Waals surface area contributed by atoms with Crippen LogP contribution in [0.5, 0.6) is 0 Å². The maximum Gasteiger partial charge on any atom is 0.435 e. The van der Waals surface area contributed by atoms with Crippen molar-refractivity contribution in [3.8, 4) is 0 Å². The molecular formula is C13H17ClF3N3OS2. The minimum absolute atomic E-state index is 0.144. The number of aryl methyl sites for hydroxylation is 1. The Balaban J connectivity index is 2.25. The summed E-state index contributed by atoms with van der Waals surface area (Å²) in [6.07, 6.45) is -0.946. The number of rotatable bonds is 6. The Kier molecular flexibility index (Phi) is 5.86. The van der Waals surface area contributed by atoms with E-state index in [4.69, 9.17) is 16.4 Å². The van der Waals surface area contributed by atoms with E-state index in [1.807, 2.05) is 0 Å². The molecule has 4 nitrogen and oxygen atoms in total. The molecule has 10 heteroatoms. The fraction of sp³-hybridized carbons (Fsp3) is 0.615. The molecule has 0 radical (unpaired) electrons. The van der Waals surface area contributed by atoms with E-state index in [0.717, 1.165) is 0 Å². The molecule has 1 aliphatic heterocycles. The average Bonchev–Trinajstić information content (AvgIpc) is 3.05. The highest BCUT2D eigenvalue weighted by molar-refractivity contribution is 8.02. The van der Waals surface area contributed by atoms with Gasteiger partial charge in [-0.2, -0.15) is 18.3 Å². The van der Waals surface area contributed by atoms with Crippen LogP contribution in [0.15, 0.2) is 16.1 Å². The van der Waals surface area contributed by atoms with Gasteiger partial charge in [-0.1, -0.05) is 0 Å². The molecule has 0 saturated carbocycles. The highest BCUT2D eigenvalue weighted by atomic mass is 35.5. The predicted molar refractivity (Wildman–Crippen MR) is 87.4 cm³/mol. The fourth-order valence-corrected chi connectivity index (χ4v) is 4.10. The Bertz CT molecular complexity index is 606. The van der Waals surface area contributed by atoms with Gasteiger partial charge in [0.1, 0.15) is 5.60 Å². The maximum absolute atomic E-state index is 13.2. The van der Waals surface area contributed by atoms with Crippen molar-refractivity contribution in [2.45, 2.75) is 42.9 Å². The van der Waals surface area contributed by atoms with Crippen molar-refractivity contribution in [3.05, 3.63) is 22.4 Å². The summed E-state index contributed by atoms with van der Waals surface area (Å²) in [5.74, 6) is 0.396. The van der Waals surface area contributed by atoms with Crippen molar-refractivity contribution < 1.29 is 18.0 Å². The van der Waals surface area contributed by atoms with Crippen molar-refractivity contribution in [2.24, 2.45) is 0 Å². The van der Waals surface area contributed by atoms with Crippen LogP contribution in [-0.4, -0.2) is 27.5 Å². The van der Waals surface area contributed by atoms with E-state index < -0.39 is 17.5 Å². The van der Waals surface area contributed by atoms with E-state index in [1.165, 1.54) is 28.2 Å². The van der Waals surface area contributed by atoms with Gasteiger partial charge < -0.3 is 0 Å². The molecule has 23 heavy (non-hydrogen) atoms. The second kappa shape index (κ2) is 7.16. The van der Waals surface area contributed by atoms with E-state index in [-0.39, 0.29) is 17.2 Å². The molecule has 1 atom stereocenters. The molecule has 2 heterocycles. The highest BCUT2D eigenvalue weighted by Crippen LogP contribution is 2.39. The zero-order chi connectivity index (χ0) is 17.3. The molecule has 130 valence electrons. The van der Waals surface area contributed by atoms with Crippen molar-refractivity contribution in [3.63, 3.8) is 0 Å². The van der Waals surface area contributed by atoms with Gasteiger partial charge in [0.25, 0.3) is 0 Å². The minimum Gasteiger partial charge on any atom is -0.264 e. The lowest BCUT2D eigenvalue weighted by Crippen LogP contribution is -2.27. The second-order valence-electron chi connectivity index (χ2n) is 5.10. The standard InChI is InChI=1S/C13H17ClF3N3OS2/c1-4-20-11(22-3)8(10(18-20)13(15,16)17)6-23-9-5-12(2,7-14)21-19-9/h5,19H,4,6-7H2,1-3H3. The summed E-state index contributed by atoms with van der Waals surface area (Å²) in [4.78, 5) is 5.33. The smallest absolute Gasteiger partial charge is 0.264 e. The van der Waals surface area contributed by atoms with E-state index in [9.17, 15) is 13.2 Å². The van der Waals surface area contributed by atoms with Crippen molar-refractivity contribution in [2.75, 3.05) is 12.1 Å². The number of hydrogen-bond acceptors (Lipinski definition) is 5. The Morgan fingerprint density at radius 2 is 2.17 bits per heavy atom. The lowest BCUT2D eigenvalue weighted by Gasteiger charge is -2.15. The number of thioether (sulfide) groups is 2. The topological polar surface area (TPSA) is 39.1 Å². The van der Waals surface area contributed by atoms with E-state index in [0.29, 0.717) is 16.6 Å². The van der Waals surface area contributed by atoms with Crippen LogP contribution in [0.2, 0.25) is 0 Å². The summed E-state index contributed by atoms with van der Waals surface area (Å²) in [5, 5.41) is 4.91. The molecule has 1 N–H and O–H groups in total. The molecule has 1 aromatic heterocycles. The first-order valence-electron chi connectivity index (χ1n) is 6.80. The number of hydrogen-bond donors (Lipinski definition) is 1. The molecule has 0 bridgehead atoms. The largest absolute Gasteiger partial charge is 0.435 e. The van der Waals surface area contributed by atoms with E-state index in [1.54, 1.807) is 26.2 Å². The SMILES string of the molecule is CCn1nc(C(F)(F)F)c(CSC2=CC(C)(CCl)ON2)c1SC. The van der Waals surface area contributed by atoms with E-state index >= 15 is 0 Å². The minimum atomic E-state index is -4.47. The Morgan fingerprint density at radius 1 is 1.48 bits per heavy atom.